The zero-order chi connectivity index (χ0) is 11.6. The lowest BCUT2D eigenvalue weighted by atomic mass is 9.82. The number of aliphatic hydroxyl groups is 1. The van der Waals surface area contributed by atoms with Gasteiger partial charge in [-0.25, -0.2) is 0 Å². The van der Waals surface area contributed by atoms with Gasteiger partial charge in [-0.1, -0.05) is 6.92 Å². The molecule has 2 unspecified atom stereocenters. The first kappa shape index (κ1) is 11.4. The smallest absolute Gasteiger partial charge is 0.137 e. The number of nitrogens with zero attached hydrogens (tertiary/aromatic N) is 1. The summed E-state index contributed by atoms with van der Waals surface area (Å²) in [6, 6.07) is 2.05. The Balaban J connectivity index is 2.22. The molecule has 0 spiro atoms. The minimum absolute atomic E-state index is 0.0551. The van der Waals surface area contributed by atoms with Crippen LogP contribution in [0.1, 0.15) is 38.7 Å². The van der Waals surface area contributed by atoms with Gasteiger partial charge in [-0.3, -0.25) is 4.98 Å². The van der Waals surface area contributed by atoms with Gasteiger partial charge in [0.1, 0.15) is 5.75 Å². The molecule has 3 nitrogen and oxygen atoms in total. The zero-order valence-electron chi connectivity index (χ0n) is 9.94. The molecule has 0 bridgehead atoms. The molecule has 0 saturated heterocycles. The van der Waals surface area contributed by atoms with Crippen molar-refractivity contribution in [3.05, 3.63) is 24.0 Å². The Morgan fingerprint density at radius 3 is 3.00 bits per heavy atom. The van der Waals surface area contributed by atoms with Crippen molar-refractivity contribution in [1.29, 1.82) is 0 Å². The number of aromatic nitrogens is 1. The summed E-state index contributed by atoms with van der Waals surface area (Å²) in [4.78, 5) is 4.21. The Labute approximate surface area is 96.5 Å². The molecule has 1 aromatic heterocycles. The molecule has 0 amide bonds. The summed E-state index contributed by atoms with van der Waals surface area (Å²) >= 11 is 0. The van der Waals surface area contributed by atoms with E-state index in [0.29, 0.717) is 6.61 Å². The SMILES string of the molecule is CCOc1cncc(C2(C)CCC(O)C2)c1. The third kappa shape index (κ3) is 2.19. The van der Waals surface area contributed by atoms with E-state index >= 15 is 0 Å². The quantitative estimate of drug-likeness (QED) is 0.851. The van der Waals surface area contributed by atoms with Crippen molar-refractivity contribution in [2.45, 2.75) is 44.6 Å². The van der Waals surface area contributed by atoms with Gasteiger partial charge >= 0.3 is 0 Å². The lowest BCUT2D eigenvalue weighted by Crippen LogP contribution is -2.19. The Hall–Kier alpha value is -1.09. The van der Waals surface area contributed by atoms with Gasteiger partial charge in [-0.15, -0.1) is 0 Å². The lowest BCUT2D eigenvalue weighted by molar-refractivity contribution is 0.175. The van der Waals surface area contributed by atoms with Gasteiger partial charge in [0.05, 0.1) is 18.9 Å². The first-order chi connectivity index (χ1) is 7.64. The molecule has 16 heavy (non-hydrogen) atoms. The van der Waals surface area contributed by atoms with E-state index in [9.17, 15) is 5.11 Å². The van der Waals surface area contributed by atoms with E-state index in [1.54, 1.807) is 6.20 Å². The first-order valence-electron chi connectivity index (χ1n) is 5.90. The summed E-state index contributed by atoms with van der Waals surface area (Å²) in [5.74, 6) is 0.822. The van der Waals surface area contributed by atoms with Crippen molar-refractivity contribution < 1.29 is 9.84 Å². The highest BCUT2D eigenvalue weighted by Crippen LogP contribution is 2.41. The highest BCUT2D eigenvalue weighted by Gasteiger charge is 2.36. The van der Waals surface area contributed by atoms with E-state index < -0.39 is 0 Å². The molecule has 0 aliphatic heterocycles. The number of hydrogen-bond donors (Lipinski definition) is 1. The van der Waals surface area contributed by atoms with Gasteiger partial charge in [0.2, 0.25) is 0 Å². The fourth-order valence-corrected chi connectivity index (χ4v) is 2.47. The Kier molecular flexibility index (Phi) is 3.15. The molecule has 1 aliphatic rings. The predicted octanol–water partition coefficient (Wildman–Crippen LogP) is 2.28. The summed E-state index contributed by atoms with van der Waals surface area (Å²) in [5, 5.41) is 9.65. The van der Waals surface area contributed by atoms with Crippen LogP contribution < -0.4 is 4.74 Å². The Morgan fingerprint density at radius 1 is 1.56 bits per heavy atom. The van der Waals surface area contributed by atoms with Crippen molar-refractivity contribution in [3.8, 4) is 5.75 Å². The fraction of sp³-hybridized carbons (Fsp3) is 0.615. The third-order valence-electron chi connectivity index (χ3n) is 3.44. The highest BCUT2D eigenvalue weighted by atomic mass is 16.5. The molecule has 3 heteroatoms. The molecule has 1 aliphatic carbocycles. The van der Waals surface area contributed by atoms with Crippen LogP contribution in [0.15, 0.2) is 18.5 Å². The predicted molar refractivity (Wildman–Crippen MR) is 62.6 cm³/mol. The molecule has 1 heterocycles. The molecule has 2 atom stereocenters. The van der Waals surface area contributed by atoms with Gasteiger partial charge < -0.3 is 9.84 Å². The van der Waals surface area contributed by atoms with E-state index in [-0.39, 0.29) is 11.5 Å². The summed E-state index contributed by atoms with van der Waals surface area (Å²) in [7, 11) is 0. The summed E-state index contributed by atoms with van der Waals surface area (Å²) in [5.41, 5.74) is 1.23. The number of rotatable bonds is 3. The van der Waals surface area contributed by atoms with E-state index in [2.05, 4.69) is 18.0 Å². The maximum atomic E-state index is 9.65. The molecule has 1 N–H and O–H groups in total. The second-order valence-corrected chi connectivity index (χ2v) is 4.80. The normalized spacial score (nSPS) is 29.3. The van der Waals surface area contributed by atoms with Crippen LogP contribution in [0.2, 0.25) is 0 Å². The van der Waals surface area contributed by atoms with Crippen LogP contribution in [0, 0.1) is 0 Å². The molecule has 1 saturated carbocycles. The zero-order valence-corrected chi connectivity index (χ0v) is 9.94. The fourth-order valence-electron chi connectivity index (χ4n) is 2.47. The van der Waals surface area contributed by atoms with Crippen LogP contribution in [-0.2, 0) is 5.41 Å². The average Bonchev–Trinajstić information content (AvgIpc) is 2.61. The molecule has 1 aromatic rings. The van der Waals surface area contributed by atoms with Gasteiger partial charge in [0.25, 0.3) is 0 Å². The van der Waals surface area contributed by atoms with E-state index in [0.717, 1.165) is 25.0 Å². The molecular weight excluding hydrogens is 202 g/mol. The Bertz CT molecular complexity index is 367. The van der Waals surface area contributed by atoms with Crippen LogP contribution in [0.4, 0.5) is 0 Å². The maximum Gasteiger partial charge on any atom is 0.137 e. The van der Waals surface area contributed by atoms with Crippen LogP contribution in [0.5, 0.6) is 5.75 Å². The number of ether oxygens (including phenoxy) is 1. The van der Waals surface area contributed by atoms with Gasteiger partial charge in [-0.05, 0) is 43.2 Å². The van der Waals surface area contributed by atoms with Crippen molar-refractivity contribution >= 4 is 0 Å². The highest BCUT2D eigenvalue weighted by molar-refractivity contribution is 5.30. The van der Waals surface area contributed by atoms with Crippen LogP contribution in [-0.4, -0.2) is 22.8 Å². The largest absolute Gasteiger partial charge is 0.492 e. The molecule has 1 fully saturated rings. The van der Waals surface area contributed by atoms with Crippen LogP contribution in [0.3, 0.4) is 0 Å². The van der Waals surface area contributed by atoms with Crippen molar-refractivity contribution in [2.75, 3.05) is 6.61 Å². The van der Waals surface area contributed by atoms with E-state index in [1.807, 2.05) is 13.1 Å². The van der Waals surface area contributed by atoms with Gasteiger partial charge in [0, 0.05) is 6.20 Å². The first-order valence-corrected chi connectivity index (χ1v) is 5.90. The minimum atomic E-state index is -0.166. The van der Waals surface area contributed by atoms with Gasteiger partial charge in [0.15, 0.2) is 0 Å². The van der Waals surface area contributed by atoms with E-state index in [4.69, 9.17) is 4.74 Å². The maximum absolute atomic E-state index is 9.65. The summed E-state index contributed by atoms with van der Waals surface area (Å²) < 4.78 is 5.45. The molecule has 0 aromatic carbocycles. The third-order valence-corrected chi connectivity index (χ3v) is 3.44. The number of hydrogen-bond acceptors (Lipinski definition) is 3. The van der Waals surface area contributed by atoms with Crippen LogP contribution >= 0.6 is 0 Å². The van der Waals surface area contributed by atoms with Crippen molar-refractivity contribution in [2.24, 2.45) is 0 Å². The lowest BCUT2D eigenvalue weighted by Gasteiger charge is -2.24. The number of pyridine rings is 1. The monoisotopic (exact) mass is 221 g/mol. The van der Waals surface area contributed by atoms with Gasteiger partial charge in [-0.2, -0.15) is 0 Å². The topological polar surface area (TPSA) is 42.4 Å². The minimum Gasteiger partial charge on any atom is -0.492 e. The van der Waals surface area contributed by atoms with E-state index in [1.165, 1.54) is 5.56 Å². The summed E-state index contributed by atoms with van der Waals surface area (Å²) in [6.45, 7) is 4.81. The second-order valence-electron chi connectivity index (χ2n) is 4.80. The molecule has 0 radical (unpaired) electrons. The molecular formula is C13H19NO2. The average molecular weight is 221 g/mol. The number of aliphatic hydroxyl groups excluding tert-OH is 1. The van der Waals surface area contributed by atoms with Crippen LogP contribution in [0.25, 0.3) is 0 Å². The van der Waals surface area contributed by atoms with Crippen molar-refractivity contribution in [3.63, 3.8) is 0 Å². The molecule has 88 valence electrons. The molecule has 2 rings (SSSR count). The second kappa shape index (κ2) is 4.42. The van der Waals surface area contributed by atoms with Crippen molar-refractivity contribution in [1.82, 2.24) is 4.98 Å². The Morgan fingerprint density at radius 2 is 2.38 bits per heavy atom. The summed E-state index contributed by atoms with van der Waals surface area (Å²) in [6.07, 6.45) is 6.19. The standard InChI is InChI=1S/C13H19NO2/c1-3-16-12-6-10(8-14-9-12)13(2)5-4-11(15)7-13/h6,8-9,11,15H,3-5,7H2,1-2H3.